The molecule has 0 aliphatic rings. The first-order valence-electron chi connectivity index (χ1n) is 4.98. The summed E-state index contributed by atoms with van der Waals surface area (Å²) in [6, 6.07) is 1.79. The van der Waals surface area contributed by atoms with Crippen LogP contribution in [0.2, 0.25) is 0 Å². The van der Waals surface area contributed by atoms with Crippen LogP contribution in [0.1, 0.15) is 18.9 Å². The molecule has 80 valence electrons. The summed E-state index contributed by atoms with van der Waals surface area (Å²) in [4.78, 5) is 0. The first-order chi connectivity index (χ1) is 7.22. The van der Waals surface area contributed by atoms with Gasteiger partial charge in [-0.25, -0.2) is 0 Å². The Bertz CT molecular complexity index is 527. The minimum absolute atomic E-state index is 0.657. The van der Waals surface area contributed by atoms with Crippen molar-refractivity contribution >= 4 is 29.3 Å². The smallest absolute Gasteiger partial charge is 0.195 e. The Morgan fingerprint density at radius 3 is 2.93 bits per heavy atom. The maximum Gasteiger partial charge on any atom is 0.195 e. The van der Waals surface area contributed by atoms with Gasteiger partial charge in [-0.2, -0.15) is 0 Å². The van der Waals surface area contributed by atoms with Gasteiger partial charge in [0.15, 0.2) is 17.1 Å². The van der Waals surface area contributed by atoms with Crippen molar-refractivity contribution in [1.29, 1.82) is 0 Å². The first-order valence-corrected chi connectivity index (χ1v) is 5.39. The molecule has 0 saturated heterocycles. The summed E-state index contributed by atoms with van der Waals surface area (Å²) in [6.07, 6.45) is 2.71. The highest BCUT2D eigenvalue weighted by Crippen LogP contribution is 2.25. The third-order valence-corrected chi connectivity index (χ3v) is 2.47. The highest BCUT2D eigenvalue weighted by atomic mass is 32.1. The summed E-state index contributed by atoms with van der Waals surface area (Å²) in [5.74, 6) is 0.707. The van der Waals surface area contributed by atoms with Crippen LogP contribution in [0, 0.1) is 11.4 Å². The quantitative estimate of drug-likeness (QED) is 0.801. The zero-order valence-electron chi connectivity index (χ0n) is 8.79. The second kappa shape index (κ2) is 4.06. The molecule has 2 heterocycles. The van der Waals surface area contributed by atoms with E-state index in [0.29, 0.717) is 16.0 Å². The second-order valence-electron chi connectivity index (χ2n) is 3.48. The van der Waals surface area contributed by atoms with E-state index in [1.165, 1.54) is 0 Å². The molecular weight excluding hydrogens is 210 g/mol. The van der Waals surface area contributed by atoms with E-state index in [-0.39, 0.29) is 0 Å². The van der Waals surface area contributed by atoms with Gasteiger partial charge in [0.1, 0.15) is 0 Å². The standard InChI is InChI=1S/C11H13NO2S/c1-3-4-12-9-5-8(15)11-10(14-9)7(2)6-13-11/h5-6,12H,3-4H2,1-2H3. The summed E-state index contributed by atoms with van der Waals surface area (Å²) in [6.45, 7) is 4.91. The van der Waals surface area contributed by atoms with Gasteiger partial charge in [0, 0.05) is 18.2 Å². The lowest BCUT2D eigenvalue weighted by Gasteiger charge is -2.03. The molecule has 0 radical (unpaired) electrons. The topological polar surface area (TPSA) is 38.3 Å². The molecule has 0 atom stereocenters. The van der Waals surface area contributed by atoms with Crippen molar-refractivity contribution in [2.24, 2.45) is 0 Å². The maximum atomic E-state index is 5.64. The van der Waals surface area contributed by atoms with Gasteiger partial charge in [-0.05, 0) is 13.3 Å². The lowest BCUT2D eigenvalue weighted by atomic mass is 10.3. The number of rotatable bonds is 3. The van der Waals surface area contributed by atoms with Crippen LogP contribution in [0.4, 0.5) is 5.88 Å². The molecule has 0 bridgehead atoms. The molecule has 0 spiro atoms. The van der Waals surface area contributed by atoms with Crippen molar-refractivity contribution in [2.45, 2.75) is 20.3 Å². The number of hydrogen-bond acceptors (Lipinski definition) is 4. The Hall–Kier alpha value is -1.29. The van der Waals surface area contributed by atoms with Crippen molar-refractivity contribution in [3.8, 4) is 0 Å². The molecule has 15 heavy (non-hydrogen) atoms. The van der Waals surface area contributed by atoms with Crippen molar-refractivity contribution in [3.63, 3.8) is 0 Å². The van der Waals surface area contributed by atoms with Crippen molar-refractivity contribution in [2.75, 3.05) is 11.9 Å². The number of hydrogen-bond donors (Lipinski definition) is 1. The van der Waals surface area contributed by atoms with Gasteiger partial charge >= 0.3 is 0 Å². The normalized spacial score (nSPS) is 10.8. The van der Waals surface area contributed by atoms with Crippen LogP contribution >= 0.6 is 12.2 Å². The number of anilines is 1. The molecule has 0 aliphatic heterocycles. The highest BCUT2D eigenvalue weighted by molar-refractivity contribution is 7.71. The van der Waals surface area contributed by atoms with Crippen LogP contribution in [0.25, 0.3) is 11.2 Å². The lowest BCUT2D eigenvalue weighted by Crippen LogP contribution is -1.99. The number of aryl methyl sites for hydroxylation is 1. The minimum atomic E-state index is 0.657. The van der Waals surface area contributed by atoms with Crippen molar-refractivity contribution in [1.82, 2.24) is 0 Å². The monoisotopic (exact) mass is 223 g/mol. The molecule has 2 rings (SSSR count). The predicted octanol–water partition coefficient (Wildman–Crippen LogP) is 3.89. The van der Waals surface area contributed by atoms with E-state index in [9.17, 15) is 0 Å². The molecule has 0 unspecified atom stereocenters. The predicted molar refractivity (Wildman–Crippen MR) is 62.8 cm³/mol. The van der Waals surface area contributed by atoms with E-state index < -0.39 is 0 Å². The Balaban J connectivity index is 2.50. The largest absolute Gasteiger partial charge is 0.459 e. The average Bonchev–Trinajstić information content (AvgIpc) is 2.58. The molecule has 4 heteroatoms. The molecule has 0 aliphatic carbocycles. The molecule has 0 amide bonds. The van der Waals surface area contributed by atoms with Gasteiger partial charge in [0.2, 0.25) is 0 Å². The summed E-state index contributed by atoms with van der Waals surface area (Å²) in [5.41, 5.74) is 2.36. The van der Waals surface area contributed by atoms with Crippen LogP contribution < -0.4 is 5.32 Å². The maximum absolute atomic E-state index is 5.64. The van der Waals surface area contributed by atoms with Crippen molar-refractivity contribution in [3.05, 3.63) is 22.4 Å². The van der Waals surface area contributed by atoms with Gasteiger partial charge in [-0.15, -0.1) is 0 Å². The number of furan rings is 1. The van der Waals surface area contributed by atoms with E-state index in [1.54, 1.807) is 12.3 Å². The molecular formula is C11H13NO2S. The Labute approximate surface area is 93.1 Å². The summed E-state index contributed by atoms with van der Waals surface area (Å²) in [7, 11) is 0. The Kier molecular flexibility index (Phi) is 2.77. The van der Waals surface area contributed by atoms with Crippen LogP contribution in [0.5, 0.6) is 0 Å². The lowest BCUT2D eigenvalue weighted by molar-refractivity contribution is 0.587. The molecule has 0 aromatic carbocycles. The second-order valence-corrected chi connectivity index (χ2v) is 3.92. The summed E-state index contributed by atoms with van der Waals surface area (Å²) in [5, 5.41) is 3.17. The summed E-state index contributed by atoms with van der Waals surface area (Å²) >= 11 is 5.21. The fourth-order valence-corrected chi connectivity index (χ4v) is 1.64. The fourth-order valence-electron chi connectivity index (χ4n) is 1.39. The van der Waals surface area contributed by atoms with E-state index in [1.807, 2.05) is 6.92 Å². The van der Waals surface area contributed by atoms with Crippen LogP contribution in [-0.2, 0) is 0 Å². The van der Waals surface area contributed by atoms with E-state index in [4.69, 9.17) is 21.1 Å². The molecule has 0 fully saturated rings. The van der Waals surface area contributed by atoms with Crippen LogP contribution in [0.3, 0.4) is 0 Å². The number of nitrogens with one attached hydrogen (secondary N) is 1. The molecule has 1 N–H and O–H groups in total. The van der Waals surface area contributed by atoms with E-state index in [0.717, 1.165) is 24.1 Å². The van der Waals surface area contributed by atoms with Gasteiger partial charge in [0.25, 0.3) is 0 Å². The molecule has 0 saturated carbocycles. The molecule has 2 aromatic rings. The zero-order chi connectivity index (χ0) is 10.8. The van der Waals surface area contributed by atoms with Gasteiger partial charge in [0.05, 0.1) is 10.8 Å². The summed E-state index contributed by atoms with van der Waals surface area (Å²) < 4.78 is 11.6. The highest BCUT2D eigenvalue weighted by Gasteiger charge is 2.08. The molecule has 2 aromatic heterocycles. The number of fused-ring (bicyclic) bond motifs is 1. The first kappa shape index (κ1) is 10.2. The van der Waals surface area contributed by atoms with Crippen LogP contribution in [0.15, 0.2) is 21.2 Å². The van der Waals surface area contributed by atoms with E-state index >= 15 is 0 Å². The third-order valence-electron chi connectivity index (χ3n) is 2.17. The minimum Gasteiger partial charge on any atom is -0.459 e. The van der Waals surface area contributed by atoms with E-state index in [2.05, 4.69) is 12.2 Å². The average molecular weight is 223 g/mol. The zero-order valence-corrected chi connectivity index (χ0v) is 9.61. The third kappa shape index (κ3) is 1.90. The SMILES string of the molecule is CCCNc1cc(=S)c2occ(C)c2o1. The Morgan fingerprint density at radius 2 is 2.20 bits per heavy atom. The Morgan fingerprint density at radius 1 is 1.40 bits per heavy atom. The van der Waals surface area contributed by atoms with Crippen molar-refractivity contribution < 1.29 is 8.83 Å². The van der Waals surface area contributed by atoms with Gasteiger partial charge < -0.3 is 14.2 Å². The molecule has 3 nitrogen and oxygen atoms in total. The fraction of sp³-hybridized carbons (Fsp3) is 0.364. The van der Waals surface area contributed by atoms with Gasteiger partial charge in [-0.3, -0.25) is 0 Å². The van der Waals surface area contributed by atoms with Crippen LogP contribution in [-0.4, -0.2) is 6.54 Å². The van der Waals surface area contributed by atoms with Gasteiger partial charge in [-0.1, -0.05) is 19.1 Å².